The first-order valence-corrected chi connectivity index (χ1v) is 7.58. The fourth-order valence-electron chi connectivity index (χ4n) is 1.90. The Balaban J connectivity index is 1.71. The van der Waals surface area contributed by atoms with E-state index in [0.29, 0.717) is 21.5 Å². The summed E-state index contributed by atoms with van der Waals surface area (Å²) in [6, 6.07) is 14.5. The maximum Gasteiger partial charge on any atom is 0.321 e. The van der Waals surface area contributed by atoms with E-state index < -0.39 is 0 Å². The zero-order valence-corrected chi connectivity index (χ0v) is 13.5. The van der Waals surface area contributed by atoms with E-state index in [4.69, 9.17) is 32.7 Å². The van der Waals surface area contributed by atoms with E-state index in [1.807, 2.05) is 12.1 Å². The summed E-state index contributed by atoms with van der Waals surface area (Å²) in [6.45, 7) is 0.268. The number of halogens is 2. The van der Waals surface area contributed by atoms with Gasteiger partial charge in [-0.3, -0.25) is 0 Å². The Bertz CT molecular complexity index is 777. The number of hydrogen-bond acceptors (Lipinski definition) is 4. The van der Waals surface area contributed by atoms with Crippen LogP contribution in [0.25, 0.3) is 0 Å². The van der Waals surface area contributed by atoms with Crippen LogP contribution in [0.15, 0.2) is 60.9 Å². The van der Waals surface area contributed by atoms with Crippen LogP contribution in [0.5, 0.6) is 17.5 Å². The fourth-order valence-corrected chi connectivity index (χ4v) is 2.40. The molecule has 2 aromatic carbocycles. The van der Waals surface area contributed by atoms with E-state index in [-0.39, 0.29) is 12.6 Å². The molecular formula is C17H12Cl2N2O2. The maximum absolute atomic E-state index is 6.13. The summed E-state index contributed by atoms with van der Waals surface area (Å²) in [6.07, 6.45) is 3.23. The molecule has 0 unspecified atom stereocenters. The summed E-state index contributed by atoms with van der Waals surface area (Å²) in [5.74, 6) is 1.22. The largest absolute Gasteiger partial charge is 0.489 e. The molecule has 0 saturated heterocycles. The zero-order chi connectivity index (χ0) is 16.1. The van der Waals surface area contributed by atoms with Crippen LogP contribution in [-0.2, 0) is 6.61 Å². The highest BCUT2D eigenvalue weighted by molar-refractivity contribution is 6.35. The van der Waals surface area contributed by atoms with Gasteiger partial charge in [-0.1, -0.05) is 35.3 Å². The second-order valence-corrected chi connectivity index (χ2v) is 5.41. The molecule has 0 N–H and O–H groups in total. The highest BCUT2D eigenvalue weighted by atomic mass is 35.5. The van der Waals surface area contributed by atoms with Crippen LogP contribution in [0, 0.1) is 0 Å². The van der Waals surface area contributed by atoms with Crippen LogP contribution in [0.1, 0.15) is 5.56 Å². The lowest BCUT2D eigenvalue weighted by Gasteiger charge is -2.10. The molecule has 0 spiro atoms. The van der Waals surface area contributed by atoms with E-state index in [1.54, 1.807) is 48.8 Å². The first-order chi connectivity index (χ1) is 11.2. The first kappa shape index (κ1) is 15.6. The van der Waals surface area contributed by atoms with Crippen molar-refractivity contribution in [1.82, 2.24) is 9.97 Å². The molecule has 0 bridgehead atoms. The van der Waals surface area contributed by atoms with Gasteiger partial charge in [-0.2, -0.15) is 0 Å². The van der Waals surface area contributed by atoms with Crippen molar-refractivity contribution in [1.29, 1.82) is 0 Å². The van der Waals surface area contributed by atoms with Crippen molar-refractivity contribution in [2.24, 2.45) is 0 Å². The van der Waals surface area contributed by atoms with Crippen molar-refractivity contribution in [3.8, 4) is 17.5 Å². The molecule has 0 fully saturated rings. The third-order valence-corrected chi connectivity index (χ3v) is 3.71. The average Bonchev–Trinajstić information content (AvgIpc) is 2.56. The zero-order valence-electron chi connectivity index (χ0n) is 11.9. The minimum absolute atomic E-state index is 0.268. The Hall–Kier alpha value is -2.30. The van der Waals surface area contributed by atoms with Gasteiger partial charge in [-0.05, 0) is 30.3 Å². The van der Waals surface area contributed by atoms with Crippen LogP contribution >= 0.6 is 23.2 Å². The number of benzene rings is 2. The number of rotatable bonds is 5. The van der Waals surface area contributed by atoms with Crippen molar-refractivity contribution in [3.05, 3.63) is 76.5 Å². The van der Waals surface area contributed by atoms with E-state index >= 15 is 0 Å². The van der Waals surface area contributed by atoms with Crippen molar-refractivity contribution < 1.29 is 9.47 Å². The quantitative estimate of drug-likeness (QED) is 0.640. The minimum atomic E-state index is 0.268. The lowest BCUT2D eigenvalue weighted by atomic mass is 10.2. The highest BCUT2D eigenvalue weighted by Crippen LogP contribution is 2.27. The molecule has 0 atom stereocenters. The van der Waals surface area contributed by atoms with Gasteiger partial charge < -0.3 is 9.47 Å². The van der Waals surface area contributed by atoms with Crippen molar-refractivity contribution in [2.45, 2.75) is 6.61 Å². The third-order valence-electron chi connectivity index (χ3n) is 3.00. The number of nitrogens with zero attached hydrogens (tertiary/aromatic N) is 2. The molecule has 1 heterocycles. The van der Waals surface area contributed by atoms with Crippen molar-refractivity contribution in [2.75, 3.05) is 0 Å². The molecule has 6 heteroatoms. The summed E-state index contributed by atoms with van der Waals surface area (Å²) in [5, 5.41) is 1.14. The molecule has 0 aliphatic carbocycles. The fraction of sp³-hybridized carbons (Fsp3) is 0.0588. The average molecular weight is 347 g/mol. The number of ether oxygens (including phenoxy) is 2. The smallest absolute Gasteiger partial charge is 0.321 e. The van der Waals surface area contributed by atoms with Crippen LogP contribution in [0.4, 0.5) is 0 Å². The highest BCUT2D eigenvalue weighted by Gasteiger charge is 2.07. The van der Waals surface area contributed by atoms with E-state index in [0.717, 1.165) is 5.56 Å². The van der Waals surface area contributed by atoms with Crippen molar-refractivity contribution >= 4 is 23.2 Å². The lowest BCUT2D eigenvalue weighted by Crippen LogP contribution is -1.98. The van der Waals surface area contributed by atoms with Gasteiger partial charge in [-0.15, -0.1) is 0 Å². The molecule has 0 radical (unpaired) electrons. The number of aromatic nitrogens is 2. The summed E-state index contributed by atoms with van der Waals surface area (Å²) in [4.78, 5) is 8.02. The Morgan fingerprint density at radius 2 is 1.48 bits per heavy atom. The van der Waals surface area contributed by atoms with E-state index in [2.05, 4.69) is 9.97 Å². The second-order valence-electron chi connectivity index (χ2n) is 4.60. The van der Waals surface area contributed by atoms with Gasteiger partial charge in [-0.25, -0.2) is 9.97 Å². The summed E-state index contributed by atoms with van der Waals surface area (Å²) < 4.78 is 11.3. The second kappa shape index (κ2) is 7.31. The topological polar surface area (TPSA) is 44.2 Å². The molecule has 4 nitrogen and oxygen atoms in total. The van der Waals surface area contributed by atoms with Crippen LogP contribution in [0.3, 0.4) is 0 Å². The molecular weight excluding hydrogens is 335 g/mol. The summed E-state index contributed by atoms with van der Waals surface area (Å²) in [5.41, 5.74) is 0.744. The predicted octanol–water partition coefficient (Wildman–Crippen LogP) is 5.15. The molecule has 116 valence electrons. The lowest BCUT2D eigenvalue weighted by molar-refractivity contribution is 0.304. The molecule has 0 saturated carbocycles. The molecule has 23 heavy (non-hydrogen) atoms. The monoisotopic (exact) mass is 346 g/mol. The van der Waals surface area contributed by atoms with Crippen LogP contribution in [-0.4, -0.2) is 9.97 Å². The van der Waals surface area contributed by atoms with Gasteiger partial charge >= 0.3 is 6.01 Å². The molecule has 1 aromatic heterocycles. The standard InChI is InChI=1S/C17H12Cl2N2O2/c18-15-6-2-7-16(19)14(15)11-22-12-4-1-5-13(10-12)23-17-20-8-3-9-21-17/h1-10H,11H2. The Labute approximate surface area is 143 Å². The summed E-state index contributed by atoms with van der Waals surface area (Å²) >= 11 is 12.3. The van der Waals surface area contributed by atoms with Gasteiger partial charge in [0.25, 0.3) is 0 Å². The normalized spacial score (nSPS) is 10.3. The molecule has 0 aliphatic heterocycles. The number of hydrogen-bond donors (Lipinski definition) is 0. The predicted molar refractivity (Wildman–Crippen MR) is 89.3 cm³/mol. The molecule has 3 rings (SSSR count). The summed E-state index contributed by atoms with van der Waals surface area (Å²) in [7, 11) is 0. The Kier molecular flexibility index (Phi) is 4.95. The maximum atomic E-state index is 6.13. The first-order valence-electron chi connectivity index (χ1n) is 6.83. The van der Waals surface area contributed by atoms with Gasteiger partial charge in [0, 0.05) is 34.1 Å². The molecule has 0 amide bonds. The van der Waals surface area contributed by atoms with Crippen LogP contribution < -0.4 is 9.47 Å². The van der Waals surface area contributed by atoms with Crippen molar-refractivity contribution in [3.63, 3.8) is 0 Å². The minimum Gasteiger partial charge on any atom is -0.489 e. The van der Waals surface area contributed by atoms with Crippen LogP contribution in [0.2, 0.25) is 10.0 Å². The van der Waals surface area contributed by atoms with Gasteiger partial charge in [0.15, 0.2) is 0 Å². The molecule has 0 aliphatic rings. The van der Waals surface area contributed by atoms with E-state index in [9.17, 15) is 0 Å². The SMILES string of the molecule is Clc1cccc(Cl)c1COc1cccc(Oc2ncccn2)c1. The van der Waals surface area contributed by atoms with E-state index in [1.165, 1.54) is 0 Å². The third kappa shape index (κ3) is 4.12. The van der Waals surface area contributed by atoms with Gasteiger partial charge in [0.05, 0.1) is 0 Å². The Morgan fingerprint density at radius 1 is 0.826 bits per heavy atom. The van der Waals surface area contributed by atoms with Gasteiger partial charge in [0.1, 0.15) is 18.1 Å². The molecule has 3 aromatic rings. The Morgan fingerprint density at radius 3 is 2.22 bits per heavy atom. The van der Waals surface area contributed by atoms with Gasteiger partial charge in [0.2, 0.25) is 0 Å².